The van der Waals surface area contributed by atoms with Gasteiger partial charge in [-0.05, 0) is 32.3 Å². The van der Waals surface area contributed by atoms with Crippen LogP contribution < -0.4 is 5.32 Å². The summed E-state index contributed by atoms with van der Waals surface area (Å²) in [6, 6.07) is 11.5. The van der Waals surface area contributed by atoms with Crippen molar-refractivity contribution in [3.8, 4) is 0 Å². The highest BCUT2D eigenvalue weighted by molar-refractivity contribution is 5.15. The lowest BCUT2D eigenvalue weighted by Crippen LogP contribution is -2.29. The van der Waals surface area contributed by atoms with Crippen LogP contribution in [0.2, 0.25) is 0 Å². The maximum Gasteiger partial charge on any atom is 0.0534 e. The molecule has 0 aliphatic carbocycles. The predicted octanol–water partition coefficient (Wildman–Crippen LogP) is 3.08. The summed E-state index contributed by atoms with van der Waals surface area (Å²) in [5, 5.41) is 10.4. The Morgan fingerprint density at radius 3 is 2.67 bits per heavy atom. The van der Waals surface area contributed by atoms with Crippen molar-refractivity contribution in [2.45, 2.75) is 38.8 Å². The molecule has 3 heteroatoms. The van der Waals surface area contributed by atoms with Crippen LogP contribution in [0.4, 0.5) is 0 Å². The Morgan fingerprint density at radius 1 is 1.22 bits per heavy atom. The van der Waals surface area contributed by atoms with Gasteiger partial charge in [0.15, 0.2) is 0 Å². The zero-order valence-electron chi connectivity index (χ0n) is 11.1. The Balaban J connectivity index is 1.77. The molecule has 2 rings (SSSR count). The number of rotatable bonds is 6. The lowest BCUT2D eigenvalue weighted by Gasteiger charge is -2.19. The van der Waals surface area contributed by atoms with Gasteiger partial charge in [0.1, 0.15) is 0 Å². The molecule has 2 atom stereocenters. The van der Waals surface area contributed by atoms with Gasteiger partial charge in [-0.2, -0.15) is 5.10 Å². The first-order valence-corrected chi connectivity index (χ1v) is 6.54. The predicted molar refractivity (Wildman–Crippen MR) is 74.4 cm³/mol. The summed E-state index contributed by atoms with van der Waals surface area (Å²) in [6.45, 7) is 4.41. The summed E-state index contributed by atoms with van der Waals surface area (Å²) in [5.41, 5.74) is 2.61. The van der Waals surface area contributed by atoms with E-state index >= 15 is 0 Å². The molecule has 2 aromatic rings. The van der Waals surface area contributed by atoms with Gasteiger partial charge in [-0.3, -0.25) is 5.10 Å². The maximum atomic E-state index is 3.98. The summed E-state index contributed by atoms with van der Waals surface area (Å²) in [7, 11) is 0. The minimum absolute atomic E-state index is 0.342. The van der Waals surface area contributed by atoms with Gasteiger partial charge in [-0.1, -0.05) is 30.3 Å². The van der Waals surface area contributed by atoms with E-state index in [-0.39, 0.29) is 0 Å². The van der Waals surface area contributed by atoms with Crippen LogP contribution in [-0.4, -0.2) is 16.2 Å². The van der Waals surface area contributed by atoms with Crippen LogP contribution in [0.1, 0.15) is 37.4 Å². The Labute approximate surface area is 109 Å². The molecule has 0 saturated carbocycles. The van der Waals surface area contributed by atoms with Crippen LogP contribution >= 0.6 is 0 Å². The summed E-state index contributed by atoms with van der Waals surface area (Å²) in [5.74, 6) is 0. The minimum Gasteiger partial charge on any atom is -0.308 e. The van der Waals surface area contributed by atoms with Crippen molar-refractivity contribution < 1.29 is 0 Å². The summed E-state index contributed by atoms with van der Waals surface area (Å²) in [6.07, 6.45) is 6.09. The van der Waals surface area contributed by atoms with Gasteiger partial charge < -0.3 is 5.32 Å². The van der Waals surface area contributed by atoms with E-state index in [9.17, 15) is 0 Å². The lowest BCUT2D eigenvalue weighted by atomic mass is 10.0. The van der Waals surface area contributed by atoms with E-state index < -0.39 is 0 Å². The smallest absolute Gasteiger partial charge is 0.0534 e. The molecule has 96 valence electrons. The molecule has 0 aliphatic rings. The quantitative estimate of drug-likeness (QED) is 0.818. The SMILES string of the molecule is CC(CCc1ccccc1)NC(C)c1cn[nH]c1. The molecule has 0 saturated heterocycles. The molecule has 0 aliphatic heterocycles. The topological polar surface area (TPSA) is 40.7 Å². The van der Waals surface area contributed by atoms with Gasteiger partial charge in [0, 0.05) is 23.8 Å². The molecular formula is C15H21N3. The molecule has 2 unspecified atom stereocenters. The van der Waals surface area contributed by atoms with Crippen LogP contribution in [0, 0.1) is 0 Å². The monoisotopic (exact) mass is 243 g/mol. The van der Waals surface area contributed by atoms with Crippen LogP contribution in [-0.2, 0) is 6.42 Å². The first-order chi connectivity index (χ1) is 8.75. The Morgan fingerprint density at radius 2 is 2.00 bits per heavy atom. The van der Waals surface area contributed by atoms with Crippen molar-refractivity contribution in [1.29, 1.82) is 0 Å². The van der Waals surface area contributed by atoms with E-state index in [4.69, 9.17) is 0 Å². The second-order valence-corrected chi connectivity index (χ2v) is 4.85. The van der Waals surface area contributed by atoms with E-state index in [1.807, 2.05) is 12.4 Å². The van der Waals surface area contributed by atoms with Crippen LogP contribution in [0.15, 0.2) is 42.7 Å². The number of H-pyrrole nitrogens is 1. The van der Waals surface area contributed by atoms with Gasteiger partial charge in [-0.15, -0.1) is 0 Å². The highest BCUT2D eigenvalue weighted by atomic mass is 15.1. The average Bonchev–Trinajstić information content (AvgIpc) is 2.91. The van der Waals surface area contributed by atoms with Crippen molar-refractivity contribution >= 4 is 0 Å². The zero-order valence-corrected chi connectivity index (χ0v) is 11.1. The minimum atomic E-state index is 0.342. The van der Waals surface area contributed by atoms with Crippen LogP contribution in [0.3, 0.4) is 0 Å². The second kappa shape index (κ2) is 6.36. The van der Waals surface area contributed by atoms with Crippen LogP contribution in [0.25, 0.3) is 0 Å². The van der Waals surface area contributed by atoms with Gasteiger partial charge in [0.25, 0.3) is 0 Å². The number of aryl methyl sites for hydroxylation is 1. The van der Waals surface area contributed by atoms with Crippen molar-refractivity contribution in [2.75, 3.05) is 0 Å². The van der Waals surface area contributed by atoms with Crippen molar-refractivity contribution in [3.05, 3.63) is 53.9 Å². The number of aromatic nitrogens is 2. The third-order valence-electron chi connectivity index (χ3n) is 3.26. The molecule has 1 heterocycles. The number of hydrogen-bond acceptors (Lipinski definition) is 2. The number of hydrogen-bond donors (Lipinski definition) is 2. The fourth-order valence-corrected chi connectivity index (χ4v) is 2.13. The fraction of sp³-hybridized carbons (Fsp3) is 0.400. The molecule has 0 amide bonds. The van der Waals surface area contributed by atoms with Gasteiger partial charge >= 0.3 is 0 Å². The summed E-state index contributed by atoms with van der Waals surface area (Å²) in [4.78, 5) is 0. The van der Waals surface area contributed by atoms with Crippen molar-refractivity contribution in [1.82, 2.24) is 15.5 Å². The molecule has 0 radical (unpaired) electrons. The summed E-state index contributed by atoms with van der Waals surface area (Å²) >= 11 is 0. The summed E-state index contributed by atoms with van der Waals surface area (Å²) < 4.78 is 0. The molecule has 2 N–H and O–H groups in total. The first-order valence-electron chi connectivity index (χ1n) is 6.54. The number of aromatic amines is 1. The van der Waals surface area contributed by atoms with Crippen molar-refractivity contribution in [2.24, 2.45) is 0 Å². The molecule has 0 bridgehead atoms. The standard InChI is InChI=1S/C15H21N3/c1-12(8-9-14-6-4-3-5-7-14)18-13(2)15-10-16-17-11-15/h3-7,10-13,18H,8-9H2,1-2H3,(H,16,17). The third-order valence-corrected chi connectivity index (χ3v) is 3.26. The Hall–Kier alpha value is -1.61. The molecular weight excluding hydrogens is 222 g/mol. The first kappa shape index (κ1) is 12.8. The van der Waals surface area contributed by atoms with Crippen LogP contribution in [0.5, 0.6) is 0 Å². The normalized spacial score (nSPS) is 14.3. The van der Waals surface area contributed by atoms with Gasteiger partial charge in [-0.25, -0.2) is 0 Å². The second-order valence-electron chi connectivity index (χ2n) is 4.85. The average molecular weight is 243 g/mol. The molecule has 1 aromatic heterocycles. The fourth-order valence-electron chi connectivity index (χ4n) is 2.13. The molecule has 1 aromatic carbocycles. The Kier molecular flexibility index (Phi) is 4.53. The van der Waals surface area contributed by atoms with E-state index in [0.717, 1.165) is 12.8 Å². The third kappa shape index (κ3) is 3.70. The van der Waals surface area contributed by atoms with E-state index in [0.29, 0.717) is 12.1 Å². The molecule has 0 spiro atoms. The number of benzene rings is 1. The van der Waals surface area contributed by atoms with E-state index in [1.165, 1.54) is 11.1 Å². The van der Waals surface area contributed by atoms with E-state index in [2.05, 4.69) is 59.7 Å². The van der Waals surface area contributed by atoms with E-state index in [1.54, 1.807) is 0 Å². The van der Waals surface area contributed by atoms with Crippen molar-refractivity contribution in [3.63, 3.8) is 0 Å². The Bertz CT molecular complexity index is 436. The van der Waals surface area contributed by atoms with Gasteiger partial charge in [0.2, 0.25) is 0 Å². The molecule has 18 heavy (non-hydrogen) atoms. The lowest BCUT2D eigenvalue weighted by molar-refractivity contribution is 0.456. The van der Waals surface area contributed by atoms with Gasteiger partial charge in [0.05, 0.1) is 6.20 Å². The molecule has 0 fully saturated rings. The largest absolute Gasteiger partial charge is 0.308 e. The molecule has 3 nitrogen and oxygen atoms in total. The number of nitrogens with one attached hydrogen (secondary N) is 2. The highest BCUT2D eigenvalue weighted by Gasteiger charge is 2.10. The number of nitrogens with zero attached hydrogens (tertiary/aromatic N) is 1. The maximum absolute atomic E-state index is 3.98. The zero-order chi connectivity index (χ0) is 12.8. The highest BCUT2D eigenvalue weighted by Crippen LogP contribution is 2.12.